The average Bonchev–Trinajstić information content (AvgIpc) is 2.52. The van der Waals surface area contributed by atoms with Gasteiger partial charge in [-0.3, -0.25) is 0 Å². The highest BCUT2D eigenvalue weighted by molar-refractivity contribution is 4.88. The summed E-state index contributed by atoms with van der Waals surface area (Å²) in [5.41, 5.74) is 0. The second-order valence-corrected chi connectivity index (χ2v) is 9.28. The van der Waals surface area contributed by atoms with Crippen molar-refractivity contribution >= 4 is 0 Å². The van der Waals surface area contributed by atoms with Gasteiger partial charge in [0.25, 0.3) is 0 Å². The molecule has 2 saturated heterocycles. The van der Waals surface area contributed by atoms with Crippen molar-refractivity contribution in [2.45, 2.75) is 105 Å². The number of hydrogen-bond donors (Lipinski definition) is 1. The molecule has 1 N–H and O–H groups in total. The standard InChI is InChI=1S/C21H40O4/c1-9-17-16(6)19(25-21(7,8)24-17)14(4)10-12(2)18-13(3)11-15(5)20(22)23-18/h12-20,22H,9-11H2,1-8H3/t12-,13-,14-,15-,16-,17+,18-,19+,20?/m1/s1. The lowest BCUT2D eigenvalue weighted by Crippen LogP contribution is -2.52. The van der Waals surface area contributed by atoms with E-state index in [4.69, 9.17) is 14.2 Å². The fourth-order valence-electron chi connectivity index (χ4n) is 5.05. The molecule has 4 heteroatoms. The molecule has 2 rings (SSSR count). The van der Waals surface area contributed by atoms with E-state index in [2.05, 4.69) is 41.5 Å². The van der Waals surface area contributed by atoms with E-state index in [-0.39, 0.29) is 24.2 Å². The van der Waals surface area contributed by atoms with Gasteiger partial charge >= 0.3 is 0 Å². The molecule has 25 heavy (non-hydrogen) atoms. The zero-order valence-corrected chi connectivity index (χ0v) is 17.5. The summed E-state index contributed by atoms with van der Waals surface area (Å²) in [7, 11) is 0. The predicted octanol–water partition coefficient (Wildman–Crippen LogP) is 4.59. The van der Waals surface area contributed by atoms with E-state index in [0.717, 1.165) is 19.3 Å². The molecular formula is C21H40O4. The van der Waals surface area contributed by atoms with Crippen molar-refractivity contribution in [1.82, 2.24) is 0 Å². The first-order valence-corrected chi connectivity index (χ1v) is 10.2. The number of hydrogen-bond acceptors (Lipinski definition) is 4. The average molecular weight is 357 g/mol. The number of aliphatic hydroxyl groups excluding tert-OH is 1. The Hall–Kier alpha value is -0.160. The summed E-state index contributed by atoms with van der Waals surface area (Å²) < 4.78 is 18.4. The Kier molecular flexibility index (Phi) is 6.97. The number of ether oxygens (including phenoxy) is 3. The number of rotatable bonds is 5. The van der Waals surface area contributed by atoms with E-state index in [9.17, 15) is 5.11 Å². The fourth-order valence-corrected chi connectivity index (χ4v) is 5.05. The third kappa shape index (κ3) is 4.97. The van der Waals surface area contributed by atoms with Gasteiger partial charge in [-0.15, -0.1) is 0 Å². The van der Waals surface area contributed by atoms with Gasteiger partial charge in [0, 0.05) is 11.8 Å². The monoisotopic (exact) mass is 356 g/mol. The summed E-state index contributed by atoms with van der Waals surface area (Å²) in [5.74, 6) is 1.39. The van der Waals surface area contributed by atoms with E-state index in [0.29, 0.717) is 23.7 Å². The van der Waals surface area contributed by atoms with Crippen LogP contribution in [0.3, 0.4) is 0 Å². The van der Waals surface area contributed by atoms with E-state index >= 15 is 0 Å². The quantitative estimate of drug-likeness (QED) is 0.782. The molecule has 0 saturated carbocycles. The van der Waals surface area contributed by atoms with Gasteiger partial charge < -0.3 is 19.3 Å². The van der Waals surface area contributed by atoms with Crippen LogP contribution in [0.1, 0.15) is 74.7 Å². The van der Waals surface area contributed by atoms with Crippen LogP contribution in [0.2, 0.25) is 0 Å². The van der Waals surface area contributed by atoms with Crippen molar-refractivity contribution in [2.75, 3.05) is 0 Å². The van der Waals surface area contributed by atoms with Crippen molar-refractivity contribution in [1.29, 1.82) is 0 Å². The Morgan fingerprint density at radius 3 is 2.20 bits per heavy atom. The largest absolute Gasteiger partial charge is 0.368 e. The highest BCUT2D eigenvalue weighted by atomic mass is 16.7. The topological polar surface area (TPSA) is 47.9 Å². The highest BCUT2D eigenvalue weighted by Crippen LogP contribution is 2.40. The van der Waals surface area contributed by atoms with Crippen molar-refractivity contribution in [3.05, 3.63) is 0 Å². The van der Waals surface area contributed by atoms with Crippen molar-refractivity contribution in [3.8, 4) is 0 Å². The fraction of sp³-hybridized carbons (Fsp3) is 1.00. The van der Waals surface area contributed by atoms with Gasteiger partial charge in [0.2, 0.25) is 0 Å². The summed E-state index contributed by atoms with van der Waals surface area (Å²) >= 11 is 0. The molecule has 2 heterocycles. The van der Waals surface area contributed by atoms with E-state index in [1.807, 2.05) is 13.8 Å². The summed E-state index contributed by atoms with van der Waals surface area (Å²) in [6, 6.07) is 0. The van der Waals surface area contributed by atoms with Gasteiger partial charge in [-0.05, 0) is 50.9 Å². The molecule has 9 atom stereocenters. The molecule has 0 aliphatic carbocycles. The van der Waals surface area contributed by atoms with Crippen LogP contribution >= 0.6 is 0 Å². The SMILES string of the molecule is CC[C@@H]1OC(C)(C)O[C@@H]([C@H](C)C[C@@H](C)[C@H]2OC(O)[C@H](C)C[C@H]2C)[C@@H]1C. The normalized spacial score (nSPS) is 44.3. The second kappa shape index (κ2) is 8.24. The zero-order valence-electron chi connectivity index (χ0n) is 17.5. The van der Waals surface area contributed by atoms with Crippen LogP contribution in [0.4, 0.5) is 0 Å². The van der Waals surface area contributed by atoms with Crippen LogP contribution in [0, 0.1) is 29.6 Å². The molecule has 1 unspecified atom stereocenters. The first-order chi connectivity index (χ1) is 11.6. The van der Waals surface area contributed by atoms with Crippen LogP contribution < -0.4 is 0 Å². The molecule has 0 aromatic heterocycles. The molecule has 0 aromatic rings. The Labute approximate surface area is 154 Å². The van der Waals surface area contributed by atoms with Gasteiger partial charge in [-0.25, -0.2) is 0 Å². The van der Waals surface area contributed by atoms with Gasteiger partial charge in [0.05, 0.1) is 18.3 Å². The van der Waals surface area contributed by atoms with Crippen LogP contribution in [-0.2, 0) is 14.2 Å². The minimum atomic E-state index is -0.624. The first-order valence-electron chi connectivity index (χ1n) is 10.2. The summed E-state index contributed by atoms with van der Waals surface area (Å²) in [5, 5.41) is 10.1. The molecule has 4 nitrogen and oxygen atoms in total. The molecular weight excluding hydrogens is 316 g/mol. The lowest BCUT2D eigenvalue weighted by Gasteiger charge is -2.48. The molecule has 0 amide bonds. The Bertz CT molecular complexity index is 424. The predicted molar refractivity (Wildman–Crippen MR) is 100 cm³/mol. The van der Waals surface area contributed by atoms with Crippen LogP contribution in [-0.4, -0.2) is 35.5 Å². The molecule has 0 aromatic carbocycles. The van der Waals surface area contributed by atoms with Gasteiger partial charge in [0.1, 0.15) is 0 Å². The van der Waals surface area contributed by atoms with Crippen molar-refractivity contribution < 1.29 is 19.3 Å². The van der Waals surface area contributed by atoms with Crippen molar-refractivity contribution in [3.63, 3.8) is 0 Å². The van der Waals surface area contributed by atoms with E-state index < -0.39 is 12.1 Å². The Morgan fingerprint density at radius 2 is 1.60 bits per heavy atom. The maximum Gasteiger partial charge on any atom is 0.163 e. The third-order valence-corrected chi connectivity index (χ3v) is 6.32. The second-order valence-electron chi connectivity index (χ2n) is 9.28. The smallest absolute Gasteiger partial charge is 0.163 e. The minimum Gasteiger partial charge on any atom is -0.368 e. The molecule has 2 aliphatic rings. The molecule has 148 valence electrons. The van der Waals surface area contributed by atoms with Crippen LogP contribution in [0.15, 0.2) is 0 Å². The third-order valence-electron chi connectivity index (χ3n) is 6.32. The lowest BCUT2D eigenvalue weighted by atomic mass is 9.77. The minimum absolute atomic E-state index is 0.124. The molecule has 2 fully saturated rings. The first kappa shape index (κ1) is 21.1. The van der Waals surface area contributed by atoms with Gasteiger partial charge in [-0.1, -0.05) is 41.5 Å². The zero-order chi connectivity index (χ0) is 18.9. The lowest BCUT2D eigenvalue weighted by molar-refractivity contribution is -0.328. The van der Waals surface area contributed by atoms with Crippen LogP contribution in [0.25, 0.3) is 0 Å². The molecule has 2 aliphatic heterocycles. The van der Waals surface area contributed by atoms with E-state index in [1.54, 1.807) is 0 Å². The molecule has 0 radical (unpaired) electrons. The maximum atomic E-state index is 10.1. The Balaban J connectivity index is 2.01. The highest BCUT2D eigenvalue weighted by Gasteiger charge is 2.43. The maximum absolute atomic E-state index is 10.1. The van der Waals surface area contributed by atoms with Crippen LogP contribution in [0.5, 0.6) is 0 Å². The number of aliphatic hydroxyl groups is 1. The molecule has 0 bridgehead atoms. The van der Waals surface area contributed by atoms with Gasteiger partial charge in [0.15, 0.2) is 12.1 Å². The molecule has 0 spiro atoms. The van der Waals surface area contributed by atoms with E-state index in [1.165, 1.54) is 0 Å². The Morgan fingerprint density at radius 1 is 1.00 bits per heavy atom. The summed E-state index contributed by atoms with van der Waals surface area (Å²) in [6.07, 6.45) is 3.02. The summed E-state index contributed by atoms with van der Waals surface area (Å²) in [4.78, 5) is 0. The van der Waals surface area contributed by atoms with Crippen molar-refractivity contribution in [2.24, 2.45) is 29.6 Å². The van der Waals surface area contributed by atoms with Gasteiger partial charge in [-0.2, -0.15) is 0 Å². The summed E-state index contributed by atoms with van der Waals surface area (Å²) in [6.45, 7) is 17.3.